The van der Waals surface area contributed by atoms with Gasteiger partial charge < -0.3 is 19.9 Å². The highest BCUT2D eigenvalue weighted by atomic mass is 16.6. The second-order valence-electron chi connectivity index (χ2n) is 4.40. The standard InChI is InChI=1S/C15H15N3O7/c1-3-24-13-6-11(10(14(19)20)5-12(13)18(22)23)17-8-9(7-16)15(21)25-4-2/h5-6,8,17H,3-4H2,1-2H3,(H,19,20)/b9-8+. The van der Waals surface area contributed by atoms with Crippen LogP contribution < -0.4 is 10.1 Å². The van der Waals surface area contributed by atoms with Crippen molar-refractivity contribution in [2.45, 2.75) is 13.8 Å². The zero-order valence-corrected chi connectivity index (χ0v) is 13.4. The number of carboxylic acids is 1. The Bertz CT molecular complexity index is 765. The van der Waals surface area contributed by atoms with Crippen molar-refractivity contribution >= 4 is 23.3 Å². The third kappa shape index (κ3) is 4.93. The van der Waals surface area contributed by atoms with Crippen molar-refractivity contribution in [3.63, 3.8) is 0 Å². The van der Waals surface area contributed by atoms with Crippen LogP contribution in [0.25, 0.3) is 0 Å². The van der Waals surface area contributed by atoms with Gasteiger partial charge in [-0.25, -0.2) is 9.59 Å². The molecule has 0 atom stereocenters. The molecule has 0 fully saturated rings. The summed E-state index contributed by atoms with van der Waals surface area (Å²) < 4.78 is 9.81. The van der Waals surface area contributed by atoms with Crippen LogP contribution in [0.1, 0.15) is 24.2 Å². The van der Waals surface area contributed by atoms with E-state index in [0.29, 0.717) is 0 Å². The molecule has 0 bridgehead atoms. The average Bonchev–Trinajstić information content (AvgIpc) is 2.55. The van der Waals surface area contributed by atoms with E-state index in [1.165, 1.54) is 0 Å². The van der Waals surface area contributed by atoms with Crippen molar-refractivity contribution in [3.8, 4) is 11.8 Å². The Morgan fingerprint density at radius 1 is 1.40 bits per heavy atom. The zero-order chi connectivity index (χ0) is 19.0. The van der Waals surface area contributed by atoms with Crippen LogP contribution in [0, 0.1) is 21.4 Å². The summed E-state index contributed by atoms with van der Waals surface area (Å²) in [5.41, 5.74) is -1.42. The van der Waals surface area contributed by atoms with E-state index in [0.717, 1.165) is 18.3 Å². The first kappa shape index (κ1) is 19.4. The lowest BCUT2D eigenvalue weighted by molar-refractivity contribution is -0.385. The number of aromatic carboxylic acids is 1. The first-order valence-electron chi connectivity index (χ1n) is 7.08. The van der Waals surface area contributed by atoms with Crippen LogP contribution in [0.2, 0.25) is 0 Å². The first-order valence-corrected chi connectivity index (χ1v) is 7.08. The first-order chi connectivity index (χ1) is 11.8. The number of nitrogens with one attached hydrogen (secondary N) is 1. The fourth-order valence-electron chi connectivity index (χ4n) is 1.77. The molecule has 0 saturated carbocycles. The Hall–Kier alpha value is -3.61. The lowest BCUT2D eigenvalue weighted by Gasteiger charge is -2.10. The summed E-state index contributed by atoms with van der Waals surface area (Å²) in [4.78, 5) is 33.2. The number of nitro groups is 1. The number of rotatable bonds is 8. The molecule has 0 aliphatic carbocycles. The van der Waals surface area contributed by atoms with Crippen molar-refractivity contribution < 1.29 is 29.1 Å². The predicted molar refractivity (Wildman–Crippen MR) is 85.2 cm³/mol. The molecule has 0 aromatic heterocycles. The molecule has 1 rings (SSSR count). The third-order valence-corrected chi connectivity index (χ3v) is 2.81. The molecule has 1 aromatic carbocycles. The quantitative estimate of drug-likeness (QED) is 0.236. The molecule has 0 unspecified atom stereocenters. The fourth-order valence-corrected chi connectivity index (χ4v) is 1.77. The zero-order valence-electron chi connectivity index (χ0n) is 13.4. The molecule has 0 aliphatic rings. The largest absolute Gasteiger partial charge is 0.487 e. The van der Waals surface area contributed by atoms with Crippen LogP contribution in [0.4, 0.5) is 11.4 Å². The molecule has 25 heavy (non-hydrogen) atoms. The highest BCUT2D eigenvalue weighted by Crippen LogP contribution is 2.33. The number of esters is 1. The fraction of sp³-hybridized carbons (Fsp3) is 0.267. The van der Waals surface area contributed by atoms with Crippen LogP contribution in [0.5, 0.6) is 5.75 Å². The number of anilines is 1. The van der Waals surface area contributed by atoms with Gasteiger partial charge in [-0.2, -0.15) is 5.26 Å². The minimum atomic E-state index is -1.43. The normalized spacial score (nSPS) is 10.5. The van der Waals surface area contributed by atoms with Gasteiger partial charge in [0.15, 0.2) is 11.3 Å². The lowest BCUT2D eigenvalue weighted by atomic mass is 10.1. The van der Waals surface area contributed by atoms with Crippen molar-refractivity contribution in [3.05, 3.63) is 39.6 Å². The Morgan fingerprint density at radius 2 is 2.08 bits per heavy atom. The molecule has 0 heterocycles. The van der Waals surface area contributed by atoms with Crippen molar-refractivity contribution in [2.24, 2.45) is 0 Å². The van der Waals surface area contributed by atoms with Gasteiger partial charge in [-0.3, -0.25) is 10.1 Å². The summed E-state index contributed by atoms with van der Waals surface area (Å²) in [7, 11) is 0. The van der Waals surface area contributed by atoms with Crippen molar-refractivity contribution in [2.75, 3.05) is 18.5 Å². The van der Waals surface area contributed by atoms with Gasteiger partial charge in [0.05, 0.1) is 29.4 Å². The number of carbonyl (C=O) groups excluding carboxylic acids is 1. The molecule has 10 heteroatoms. The third-order valence-electron chi connectivity index (χ3n) is 2.81. The Balaban J connectivity index is 3.35. The van der Waals surface area contributed by atoms with E-state index in [4.69, 9.17) is 10.00 Å². The van der Waals surface area contributed by atoms with Gasteiger partial charge >= 0.3 is 17.6 Å². The maximum absolute atomic E-state index is 11.5. The van der Waals surface area contributed by atoms with E-state index >= 15 is 0 Å². The maximum Gasteiger partial charge on any atom is 0.350 e. The SMILES string of the molecule is CCOC(=O)/C(C#N)=C/Nc1cc(OCC)c([N+](=O)[O-])cc1C(=O)O. The number of hydrogen-bond acceptors (Lipinski definition) is 8. The van der Waals surface area contributed by atoms with Gasteiger partial charge in [0, 0.05) is 18.3 Å². The van der Waals surface area contributed by atoms with E-state index in [-0.39, 0.29) is 24.7 Å². The molecule has 1 aromatic rings. The summed E-state index contributed by atoms with van der Waals surface area (Å²) >= 11 is 0. The predicted octanol–water partition coefficient (Wildman–Crippen LogP) is 2.07. The van der Waals surface area contributed by atoms with E-state index in [9.17, 15) is 24.8 Å². The molecule has 2 N–H and O–H groups in total. The number of nitro benzene ring substituents is 1. The van der Waals surface area contributed by atoms with E-state index in [1.807, 2.05) is 0 Å². The summed E-state index contributed by atoms with van der Waals surface area (Å²) in [5, 5.41) is 31.7. The van der Waals surface area contributed by atoms with E-state index in [2.05, 4.69) is 10.1 Å². The highest BCUT2D eigenvalue weighted by molar-refractivity contribution is 5.97. The van der Waals surface area contributed by atoms with Crippen LogP contribution in [0.3, 0.4) is 0 Å². The summed E-state index contributed by atoms with van der Waals surface area (Å²) in [6.45, 7) is 3.35. The molecule has 0 aliphatic heterocycles. The Labute approximate surface area is 142 Å². The summed E-state index contributed by atoms with van der Waals surface area (Å²) in [6.07, 6.45) is 0.960. The number of nitrogens with zero attached hydrogens (tertiary/aromatic N) is 2. The second kappa shape index (κ2) is 8.88. The second-order valence-corrected chi connectivity index (χ2v) is 4.40. The molecule has 132 valence electrons. The van der Waals surface area contributed by atoms with Gasteiger partial charge in [-0.05, 0) is 13.8 Å². The number of hydrogen-bond donors (Lipinski definition) is 2. The lowest BCUT2D eigenvalue weighted by Crippen LogP contribution is -2.10. The van der Waals surface area contributed by atoms with Crippen molar-refractivity contribution in [1.82, 2.24) is 0 Å². The molecule has 0 spiro atoms. The van der Waals surface area contributed by atoms with Crippen LogP contribution >= 0.6 is 0 Å². The Kier molecular flexibility index (Phi) is 6.90. The smallest absolute Gasteiger partial charge is 0.350 e. The molecule has 0 saturated heterocycles. The van der Waals surface area contributed by atoms with Gasteiger partial charge in [-0.15, -0.1) is 0 Å². The summed E-state index contributed by atoms with van der Waals surface area (Å²) in [6, 6.07) is 3.56. The van der Waals surface area contributed by atoms with E-state index in [1.54, 1.807) is 19.9 Å². The Morgan fingerprint density at radius 3 is 2.56 bits per heavy atom. The number of benzene rings is 1. The minimum absolute atomic E-state index is 0.0598. The summed E-state index contributed by atoms with van der Waals surface area (Å²) in [5.74, 6) is -2.47. The van der Waals surface area contributed by atoms with Gasteiger partial charge in [-0.1, -0.05) is 0 Å². The maximum atomic E-state index is 11.5. The average molecular weight is 349 g/mol. The molecule has 0 amide bonds. The van der Waals surface area contributed by atoms with Gasteiger partial charge in [0.25, 0.3) is 0 Å². The topological polar surface area (TPSA) is 152 Å². The number of carboxylic acid groups (broad SMARTS) is 1. The molecule has 10 nitrogen and oxygen atoms in total. The highest BCUT2D eigenvalue weighted by Gasteiger charge is 2.22. The van der Waals surface area contributed by atoms with Crippen LogP contribution in [-0.4, -0.2) is 35.2 Å². The van der Waals surface area contributed by atoms with Crippen LogP contribution in [0.15, 0.2) is 23.9 Å². The number of nitriles is 1. The molecule has 0 radical (unpaired) electrons. The van der Waals surface area contributed by atoms with Gasteiger partial charge in [0.2, 0.25) is 0 Å². The number of ether oxygens (including phenoxy) is 2. The van der Waals surface area contributed by atoms with Gasteiger partial charge in [0.1, 0.15) is 6.07 Å². The number of carbonyl (C=O) groups is 2. The minimum Gasteiger partial charge on any atom is -0.487 e. The molecular weight excluding hydrogens is 334 g/mol. The molecular formula is C15H15N3O7. The van der Waals surface area contributed by atoms with E-state index < -0.39 is 33.7 Å². The monoisotopic (exact) mass is 349 g/mol. The van der Waals surface area contributed by atoms with Crippen molar-refractivity contribution in [1.29, 1.82) is 5.26 Å². The van der Waals surface area contributed by atoms with Crippen LogP contribution in [-0.2, 0) is 9.53 Å².